The minimum atomic E-state index is -4.43. The number of hydrogen-bond acceptors (Lipinski definition) is 0. The zero-order chi connectivity index (χ0) is 15.4. The smallest absolute Gasteiger partial charge is 0.159 e. The van der Waals surface area contributed by atoms with Gasteiger partial charge in [0.15, 0.2) is 0 Å². The second-order valence-corrected chi connectivity index (χ2v) is 3.64. The van der Waals surface area contributed by atoms with E-state index in [0.717, 1.165) is 0 Å². The molecule has 19 heavy (non-hydrogen) atoms. The number of halogens is 3. The van der Waals surface area contributed by atoms with Crippen molar-refractivity contribution in [1.82, 2.24) is 0 Å². The quantitative estimate of drug-likeness (QED) is 0.399. The summed E-state index contributed by atoms with van der Waals surface area (Å²) >= 11 is 0. The Morgan fingerprint density at radius 2 is 0.789 bits per heavy atom. The Hall–Kier alpha value is 0.149. The molecule has 0 N–H and O–H groups in total. The molecule has 0 spiro atoms. The van der Waals surface area contributed by atoms with E-state index in [-0.39, 0.29) is 23.9 Å². The molecule has 0 fully saturated rings. The number of alkyl halides is 3. The molecule has 0 aliphatic carbocycles. The van der Waals surface area contributed by atoms with Crippen LogP contribution in [0.4, 0.5) is 13.2 Å². The van der Waals surface area contributed by atoms with Crippen molar-refractivity contribution in [2.24, 2.45) is 0 Å². The van der Waals surface area contributed by atoms with Crippen molar-refractivity contribution >= 4 is 23.9 Å². The fraction of sp³-hybridized carbons (Fsp3) is 0.867. The molecule has 0 rings (SSSR count). The maximum Gasteiger partial charge on any atom is 0.457 e. The van der Waals surface area contributed by atoms with Gasteiger partial charge in [0.25, 0.3) is 0 Å². The maximum absolute atomic E-state index is 10.5. The first-order valence-corrected chi connectivity index (χ1v) is 6.85. The molecule has 0 unspecified atom stereocenters. The van der Waals surface area contributed by atoms with Crippen LogP contribution < -0.4 is 0 Å². The van der Waals surface area contributed by atoms with Gasteiger partial charge in [0, 0.05) is 29.8 Å². The van der Waals surface area contributed by atoms with E-state index in [0.29, 0.717) is 5.92 Å². The van der Waals surface area contributed by atoms with Crippen molar-refractivity contribution in [3.05, 3.63) is 0 Å². The molecule has 0 amide bonds. The number of hydrogen-bond donors (Lipinski definition) is 0. The van der Waals surface area contributed by atoms with Crippen LogP contribution in [-0.4, -0.2) is 30.1 Å². The van der Waals surface area contributed by atoms with Crippen LogP contribution in [0.3, 0.4) is 0 Å². The molecule has 116 valence electrons. The number of terminal acetylenes is 1. The van der Waals surface area contributed by atoms with Crippen molar-refractivity contribution < 1.29 is 13.2 Å². The molecule has 0 saturated carbocycles. The zero-order valence-electron chi connectivity index (χ0n) is 13.5. The van der Waals surface area contributed by atoms with Crippen LogP contribution in [0.25, 0.3) is 0 Å². The van der Waals surface area contributed by atoms with Gasteiger partial charge < -0.3 is 0 Å². The number of rotatable bonds is 3. The molecule has 0 aromatic rings. The van der Waals surface area contributed by atoms with Gasteiger partial charge in [0.05, 0.1) is 0 Å². The van der Waals surface area contributed by atoms with Gasteiger partial charge in [-0.2, -0.15) is 13.2 Å². The van der Waals surface area contributed by atoms with Gasteiger partial charge in [-0.05, 0) is 0 Å². The molecule has 0 aliphatic rings. The standard InChI is InChI=1S/3C4H10.C3HF3.Sn/c3*1-3-4-2;1-2-3(4,5)6;/h3*3-4H2,1-2H3;1H;. The van der Waals surface area contributed by atoms with Crippen molar-refractivity contribution in [3.8, 4) is 12.3 Å². The summed E-state index contributed by atoms with van der Waals surface area (Å²) in [4.78, 5) is 0. The summed E-state index contributed by atoms with van der Waals surface area (Å²) in [5, 5.41) is 0. The molecule has 0 aromatic carbocycles. The van der Waals surface area contributed by atoms with Crippen LogP contribution in [-0.2, 0) is 0 Å². The topological polar surface area (TPSA) is 0 Å². The molecule has 0 atom stereocenters. The summed E-state index contributed by atoms with van der Waals surface area (Å²) in [6, 6.07) is 0. The second kappa shape index (κ2) is 30.9. The van der Waals surface area contributed by atoms with E-state index in [2.05, 4.69) is 48.0 Å². The van der Waals surface area contributed by atoms with Gasteiger partial charge in [0.2, 0.25) is 0 Å². The van der Waals surface area contributed by atoms with Crippen molar-refractivity contribution in [2.45, 2.75) is 86.2 Å². The van der Waals surface area contributed by atoms with Crippen LogP contribution in [0.15, 0.2) is 0 Å². The van der Waals surface area contributed by atoms with Gasteiger partial charge >= 0.3 is 6.18 Å². The average molecular weight is 387 g/mol. The Morgan fingerprint density at radius 3 is 0.789 bits per heavy atom. The fourth-order valence-corrected chi connectivity index (χ4v) is 0. The van der Waals surface area contributed by atoms with E-state index in [1.807, 2.05) is 0 Å². The molecule has 0 bridgehead atoms. The summed E-state index contributed by atoms with van der Waals surface area (Å²) in [5.41, 5.74) is 0. The van der Waals surface area contributed by atoms with Crippen LogP contribution >= 0.6 is 0 Å². The largest absolute Gasteiger partial charge is 0.457 e. The predicted molar refractivity (Wildman–Crippen MR) is 82.4 cm³/mol. The Morgan fingerprint density at radius 1 is 0.684 bits per heavy atom. The van der Waals surface area contributed by atoms with Gasteiger partial charge in [-0.25, -0.2) is 0 Å². The third kappa shape index (κ3) is 125. The van der Waals surface area contributed by atoms with Gasteiger partial charge in [-0.15, -0.1) is 6.42 Å². The van der Waals surface area contributed by atoms with Gasteiger partial charge in [0.1, 0.15) is 0 Å². The molecule has 0 heterocycles. The maximum atomic E-state index is 10.5. The molecular weight excluding hydrogens is 356 g/mol. The summed E-state index contributed by atoms with van der Waals surface area (Å²) in [6.07, 6.45) is 7.42. The monoisotopic (exact) mass is 388 g/mol. The molecule has 4 radical (unpaired) electrons. The van der Waals surface area contributed by atoms with Crippen LogP contribution in [0, 0.1) is 12.3 Å². The molecule has 0 nitrogen and oxygen atoms in total. The second-order valence-electron chi connectivity index (χ2n) is 3.64. The molecular formula is C15H31F3Sn. The predicted octanol–water partition coefficient (Wildman–Crippen LogP) is 6.22. The number of unbranched alkanes of at least 4 members (excludes halogenated alkanes) is 3. The molecule has 4 heteroatoms. The summed E-state index contributed by atoms with van der Waals surface area (Å²) in [6.45, 7) is 13.1. The SMILES string of the molecule is C#CC(F)(F)F.CCCC.CCCC.CCCC.[Sn]. The minimum Gasteiger partial charge on any atom is -0.159 e. The van der Waals surface area contributed by atoms with E-state index in [9.17, 15) is 13.2 Å². The van der Waals surface area contributed by atoms with Gasteiger partial charge in [-0.3, -0.25) is 0 Å². The summed E-state index contributed by atoms with van der Waals surface area (Å²) in [7, 11) is 0. The molecule has 0 aromatic heterocycles. The van der Waals surface area contributed by atoms with Crippen LogP contribution in [0.2, 0.25) is 0 Å². The van der Waals surface area contributed by atoms with Crippen LogP contribution in [0.1, 0.15) is 80.1 Å². The van der Waals surface area contributed by atoms with Crippen molar-refractivity contribution in [1.29, 1.82) is 0 Å². The third-order valence-electron chi connectivity index (χ3n) is 1.66. The fourth-order valence-electron chi connectivity index (χ4n) is 0. The van der Waals surface area contributed by atoms with E-state index in [1.54, 1.807) is 0 Å². The zero-order valence-corrected chi connectivity index (χ0v) is 16.3. The van der Waals surface area contributed by atoms with Gasteiger partial charge in [-0.1, -0.05) is 80.1 Å². The Bertz CT molecular complexity index is 133. The third-order valence-corrected chi connectivity index (χ3v) is 1.66. The average Bonchev–Trinajstić information content (AvgIpc) is 2.38. The summed E-state index contributed by atoms with van der Waals surface area (Å²) < 4.78 is 31.6. The van der Waals surface area contributed by atoms with E-state index in [1.165, 1.54) is 38.5 Å². The molecule has 0 saturated heterocycles. The minimum absolute atomic E-state index is 0. The first-order valence-electron chi connectivity index (χ1n) is 6.85. The van der Waals surface area contributed by atoms with E-state index < -0.39 is 6.18 Å². The van der Waals surface area contributed by atoms with E-state index >= 15 is 0 Å². The van der Waals surface area contributed by atoms with E-state index in [4.69, 9.17) is 0 Å². The first kappa shape index (κ1) is 31.5. The first-order chi connectivity index (χ1) is 8.30. The normalized spacial score (nSPS) is 8.00. The van der Waals surface area contributed by atoms with Crippen molar-refractivity contribution in [2.75, 3.05) is 0 Å². The van der Waals surface area contributed by atoms with Crippen LogP contribution in [0.5, 0.6) is 0 Å². The Labute approximate surface area is 135 Å². The Balaban J connectivity index is -0.0000000459. The summed E-state index contributed by atoms with van der Waals surface area (Å²) in [5.74, 6) is 0.604. The van der Waals surface area contributed by atoms with Crippen molar-refractivity contribution in [3.63, 3.8) is 0 Å². The molecule has 0 aliphatic heterocycles. The Kier molecular flexibility index (Phi) is 51.2.